The second-order valence-electron chi connectivity index (χ2n) is 7.91. The molecule has 1 aromatic carbocycles. The van der Waals surface area contributed by atoms with Gasteiger partial charge in [-0.1, -0.05) is 6.07 Å². The summed E-state index contributed by atoms with van der Waals surface area (Å²) >= 11 is 1.33. The zero-order valence-electron chi connectivity index (χ0n) is 18.4. The molecular formula is C23H27N3O6S. The Bertz CT molecular complexity index is 988. The van der Waals surface area contributed by atoms with E-state index in [1.807, 2.05) is 5.38 Å². The van der Waals surface area contributed by atoms with Crippen LogP contribution in [0, 0.1) is 5.92 Å². The maximum atomic E-state index is 13.0. The number of carbonyl (C=O) groups excluding carboxylic acids is 3. The Morgan fingerprint density at radius 3 is 2.70 bits per heavy atom. The molecule has 3 heterocycles. The summed E-state index contributed by atoms with van der Waals surface area (Å²) in [5.41, 5.74) is 0.539. The first kappa shape index (κ1) is 23.1. The minimum atomic E-state index is -0.681. The van der Waals surface area contributed by atoms with Crippen molar-refractivity contribution >= 4 is 29.1 Å². The Morgan fingerprint density at radius 2 is 1.97 bits per heavy atom. The summed E-state index contributed by atoms with van der Waals surface area (Å²) in [4.78, 5) is 40.8. The monoisotopic (exact) mass is 473 g/mol. The molecule has 1 aromatic heterocycles. The second-order valence-corrected chi connectivity index (χ2v) is 8.86. The average Bonchev–Trinajstić information content (AvgIpc) is 3.54. The van der Waals surface area contributed by atoms with Gasteiger partial charge >= 0.3 is 0 Å². The predicted octanol–water partition coefficient (Wildman–Crippen LogP) is 1.89. The molecule has 0 saturated carbocycles. The van der Waals surface area contributed by atoms with Gasteiger partial charge in [0.2, 0.25) is 12.7 Å². The average molecular weight is 474 g/mol. The minimum Gasteiger partial charge on any atom is -0.454 e. The van der Waals surface area contributed by atoms with Crippen molar-refractivity contribution in [1.82, 2.24) is 15.5 Å². The SMILES string of the molecule is COCCNC(=O)[C@H](NC(=O)c1cccs1)C1CCN(C(=O)c2ccc3c(c2)OCO3)CC1. The van der Waals surface area contributed by atoms with Crippen molar-refractivity contribution in [2.75, 3.05) is 40.1 Å². The van der Waals surface area contributed by atoms with E-state index in [1.165, 1.54) is 11.3 Å². The van der Waals surface area contributed by atoms with Crippen LogP contribution in [-0.2, 0) is 9.53 Å². The van der Waals surface area contributed by atoms with E-state index < -0.39 is 6.04 Å². The molecule has 9 nitrogen and oxygen atoms in total. The van der Waals surface area contributed by atoms with Crippen LogP contribution in [0.3, 0.4) is 0 Å². The highest BCUT2D eigenvalue weighted by atomic mass is 32.1. The molecule has 2 aromatic rings. The predicted molar refractivity (Wildman–Crippen MR) is 122 cm³/mol. The van der Waals surface area contributed by atoms with Crippen LogP contribution in [0.2, 0.25) is 0 Å². The number of hydrogen-bond donors (Lipinski definition) is 2. The van der Waals surface area contributed by atoms with Crippen molar-refractivity contribution in [2.45, 2.75) is 18.9 Å². The summed E-state index contributed by atoms with van der Waals surface area (Å²) in [5, 5.41) is 7.56. The Kier molecular flexibility index (Phi) is 7.46. The second kappa shape index (κ2) is 10.7. The van der Waals surface area contributed by atoms with E-state index in [0.29, 0.717) is 61.0 Å². The molecule has 1 atom stereocenters. The molecule has 0 aliphatic carbocycles. The van der Waals surface area contributed by atoms with E-state index in [4.69, 9.17) is 14.2 Å². The first-order valence-corrected chi connectivity index (χ1v) is 11.7. The van der Waals surface area contributed by atoms with E-state index in [1.54, 1.807) is 42.3 Å². The maximum Gasteiger partial charge on any atom is 0.262 e. The molecule has 10 heteroatoms. The molecule has 0 unspecified atom stereocenters. The van der Waals surface area contributed by atoms with Gasteiger partial charge < -0.3 is 29.7 Å². The highest BCUT2D eigenvalue weighted by Gasteiger charge is 2.34. The van der Waals surface area contributed by atoms with Crippen LogP contribution in [-0.4, -0.2) is 68.8 Å². The number of methoxy groups -OCH3 is 1. The summed E-state index contributed by atoms with van der Waals surface area (Å²) in [5.74, 6) is 0.523. The molecule has 4 rings (SSSR count). The summed E-state index contributed by atoms with van der Waals surface area (Å²) < 4.78 is 15.7. The minimum absolute atomic E-state index is 0.0859. The molecule has 2 N–H and O–H groups in total. The summed E-state index contributed by atoms with van der Waals surface area (Å²) in [6.45, 7) is 1.90. The number of nitrogens with one attached hydrogen (secondary N) is 2. The quantitative estimate of drug-likeness (QED) is 0.567. The number of rotatable bonds is 8. The number of thiophene rings is 1. The Hall–Kier alpha value is -3.11. The van der Waals surface area contributed by atoms with Gasteiger partial charge in [0.15, 0.2) is 11.5 Å². The summed E-state index contributed by atoms with van der Waals surface area (Å²) in [7, 11) is 1.56. The molecule has 1 saturated heterocycles. The molecular weight excluding hydrogens is 446 g/mol. The maximum absolute atomic E-state index is 13.0. The topological polar surface area (TPSA) is 106 Å². The fraction of sp³-hybridized carbons (Fsp3) is 0.435. The van der Waals surface area contributed by atoms with Gasteiger partial charge in [0.25, 0.3) is 11.8 Å². The molecule has 0 bridgehead atoms. The van der Waals surface area contributed by atoms with Crippen molar-refractivity contribution in [3.8, 4) is 11.5 Å². The van der Waals surface area contributed by atoms with Crippen LogP contribution in [0.4, 0.5) is 0 Å². The third-order valence-electron chi connectivity index (χ3n) is 5.84. The zero-order valence-corrected chi connectivity index (χ0v) is 19.2. The summed E-state index contributed by atoms with van der Waals surface area (Å²) in [6, 6.07) is 8.02. The normalized spacial score (nSPS) is 16.3. The van der Waals surface area contributed by atoms with Crippen LogP contribution < -0.4 is 20.1 Å². The van der Waals surface area contributed by atoms with E-state index in [0.717, 1.165) is 0 Å². The van der Waals surface area contributed by atoms with Crippen molar-refractivity contribution in [3.63, 3.8) is 0 Å². The van der Waals surface area contributed by atoms with Gasteiger partial charge in [0, 0.05) is 32.3 Å². The number of likely N-dealkylation sites (tertiary alicyclic amines) is 1. The molecule has 2 aliphatic rings. The fourth-order valence-corrected chi connectivity index (χ4v) is 4.68. The van der Waals surface area contributed by atoms with Crippen molar-refractivity contribution in [2.24, 2.45) is 5.92 Å². The van der Waals surface area contributed by atoms with Crippen LogP contribution in [0.1, 0.15) is 32.9 Å². The van der Waals surface area contributed by atoms with Gasteiger partial charge in [0.1, 0.15) is 6.04 Å². The van der Waals surface area contributed by atoms with Crippen molar-refractivity contribution < 1.29 is 28.6 Å². The first-order chi connectivity index (χ1) is 16.1. The number of piperidine rings is 1. The van der Waals surface area contributed by atoms with E-state index in [-0.39, 0.29) is 30.4 Å². The van der Waals surface area contributed by atoms with E-state index >= 15 is 0 Å². The van der Waals surface area contributed by atoms with Crippen LogP contribution in [0.25, 0.3) is 0 Å². The molecule has 0 spiro atoms. The number of amides is 3. The molecule has 2 aliphatic heterocycles. The molecule has 176 valence electrons. The molecule has 3 amide bonds. The Labute approximate surface area is 196 Å². The lowest BCUT2D eigenvalue weighted by molar-refractivity contribution is -0.124. The molecule has 0 radical (unpaired) electrons. The lowest BCUT2D eigenvalue weighted by Crippen LogP contribution is -2.54. The third-order valence-corrected chi connectivity index (χ3v) is 6.71. The van der Waals surface area contributed by atoms with Gasteiger partial charge in [-0.3, -0.25) is 14.4 Å². The summed E-state index contributed by atoms with van der Waals surface area (Å²) in [6.07, 6.45) is 1.20. The van der Waals surface area contributed by atoms with Crippen LogP contribution in [0.15, 0.2) is 35.7 Å². The Balaban J connectivity index is 1.39. The number of nitrogens with zero attached hydrogens (tertiary/aromatic N) is 1. The smallest absolute Gasteiger partial charge is 0.262 e. The van der Waals surface area contributed by atoms with Gasteiger partial charge in [-0.25, -0.2) is 0 Å². The first-order valence-electron chi connectivity index (χ1n) is 10.9. The van der Waals surface area contributed by atoms with Crippen LogP contribution >= 0.6 is 11.3 Å². The van der Waals surface area contributed by atoms with Crippen molar-refractivity contribution in [1.29, 1.82) is 0 Å². The lowest BCUT2D eigenvalue weighted by atomic mass is 9.88. The van der Waals surface area contributed by atoms with Gasteiger partial charge in [-0.05, 0) is 48.4 Å². The molecule has 33 heavy (non-hydrogen) atoms. The number of fused-ring (bicyclic) bond motifs is 1. The number of hydrogen-bond acceptors (Lipinski definition) is 7. The third kappa shape index (κ3) is 5.45. The standard InChI is InChI=1S/C23H27N3O6S/c1-30-11-8-24-22(28)20(25-21(27)19-3-2-12-33-19)15-6-9-26(10-7-15)23(29)16-4-5-17-18(13-16)32-14-31-17/h2-5,12-13,15,20H,6-11,14H2,1H3,(H,24,28)(H,25,27)/t20-/m1/s1. The largest absolute Gasteiger partial charge is 0.454 e. The lowest BCUT2D eigenvalue weighted by Gasteiger charge is -2.35. The number of ether oxygens (including phenoxy) is 3. The Morgan fingerprint density at radius 1 is 1.18 bits per heavy atom. The molecule has 1 fully saturated rings. The van der Waals surface area contributed by atoms with Crippen molar-refractivity contribution in [3.05, 3.63) is 46.2 Å². The van der Waals surface area contributed by atoms with Gasteiger partial charge in [-0.15, -0.1) is 11.3 Å². The zero-order chi connectivity index (χ0) is 23.2. The van der Waals surface area contributed by atoms with Gasteiger partial charge in [-0.2, -0.15) is 0 Å². The van der Waals surface area contributed by atoms with Crippen LogP contribution in [0.5, 0.6) is 11.5 Å². The highest BCUT2D eigenvalue weighted by molar-refractivity contribution is 7.12. The highest BCUT2D eigenvalue weighted by Crippen LogP contribution is 2.33. The fourth-order valence-electron chi connectivity index (χ4n) is 4.05. The van der Waals surface area contributed by atoms with E-state index in [9.17, 15) is 14.4 Å². The van der Waals surface area contributed by atoms with Gasteiger partial charge in [0.05, 0.1) is 11.5 Å². The number of benzene rings is 1. The number of carbonyl (C=O) groups is 3. The van der Waals surface area contributed by atoms with E-state index in [2.05, 4.69) is 10.6 Å².